The van der Waals surface area contributed by atoms with Crippen LogP contribution in [-0.4, -0.2) is 9.97 Å². The van der Waals surface area contributed by atoms with Crippen molar-refractivity contribution in [2.75, 3.05) is 5.73 Å². The number of rotatable bonds is 2. The molecule has 1 unspecified atom stereocenters. The summed E-state index contributed by atoms with van der Waals surface area (Å²) >= 11 is 5.86. The summed E-state index contributed by atoms with van der Waals surface area (Å²) in [7, 11) is 0. The zero-order valence-electron chi connectivity index (χ0n) is 8.47. The lowest BCUT2D eigenvalue weighted by Gasteiger charge is -2.13. The van der Waals surface area contributed by atoms with Crippen LogP contribution in [0.3, 0.4) is 0 Å². The summed E-state index contributed by atoms with van der Waals surface area (Å²) in [5.41, 5.74) is 13.4. The van der Waals surface area contributed by atoms with Crippen molar-refractivity contribution in [2.45, 2.75) is 6.04 Å². The van der Waals surface area contributed by atoms with Gasteiger partial charge in [0.15, 0.2) is 0 Å². The molecule has 2 aromatic heterocycles. The summed E-state index contributed by atoms with van der Waals surface area (Å²) in [6, 6.07) is 5.07. The molecule has 0 amide bonds. The number of nitrogen functional groups attached to an aromatic ring is 1. The average Bonchev–Trinajstić information content (AvgIpc) is 2.32. The van der Waals surface area contributed by atoms with Crippen LogP contribution in [0.4, 0.5) is 5.82 Å². The molecule has 0 aliphatic heterocycles. The van der Waals surface area contributed by atoms with Gasteiger partial charge in [-0.2, -0.15) is 0 Å². The van der Waals surface area contributed by atoms with Crippen LogP contribution in [0.15, 0.2) is 36.8 Å². The highest BCUT2D eigenvalue weighted by atomic mass is 35.5. The van der Waals surface area contributed by atoms with Crippen molar-refractivity contribution in [3.8, 4) is 0 Å². The Labute approximate surface area is 98.3 Å². The molecular weight excluding hydrogens is 224 g/mol. The van der Waals surface area contributed by atoms with E-state index in [9.17, 15) is 0 Å². The number of halogens is 1. The Morgan fingerprint density at radius 3 is 2.81 bits per heavy atom. The van der Waals surface area contributed by atoms with E-state index in [-0.39, 0.29) is 6.04 Å². The number of nitrogens with two attached hydrogens (primary N) is 2. The molecule has 0 saturated heterocycles. The average molecular weight is 235 g/mol. The molecule has 5 heteroatoms. The molecule has 0 aliphatic rings. The maximum atomic E-state index is 6.07. The van der Waals surface area contributed by atoms with Crippen LogP contribution in [0, 0.1) is 0 Å². The number of pyridine rings is 2. The highest BCUT2D eigenvalue weighted by Gasteiger charge is 2.13. The first-order valence-electron chi connectivity index (χ1n) is 4.75. The van der Waals surface area contributed by atoms with Gasteiger partial charge in [0.2, 0.25) is 0 Å². The number of aromatic nitrogens is 2. The van der Waals surface area contributed by atoms with E-state index in [4.69, 9.17) is 23.1 Å². The fourth-order valence-corrected chi connectivity index (χ4v) is 1.62. The van der Waals surface area contributed by atoms with Gasteiger partial charge in [0.1, 0.15) is 5.82 Å². The van der Waals surface area contributed by atoms with E-state index in [2.05, 4.69) is 9.97 Å². The van der Waals surface area contributed by atoms with Crippen LogP contribution >= 0.6 is 11.6 Å². The van der Waals surface area contributed by atoms with Crippen LogP contribution in [0.2, 0.25) is 5.02 Å². The van der Waals surface area contributed by atoms with Crippen LogP contribution in [-0.2, 0) is 0 Å². The summed E-state index contributed by atoms with van der Waals surface area (Å²) in [4.78, 5) is 7.98. The third-order valence-corrected chi connectivity index (χ3v) is 2.50. The highest BCUT2D eigenvalue weighted by Crippen LogP contribution is 2.25. The lowest BCUT2D eigenvalue weighted by Crippen LogP contribution is -2.14. The Bertz CT molecular complexity index is 487. The summed E-state index contributed by atoms with van der Waals surface area (Å²) < 4.78 is 0. The standard InChI is InChI=1S/C11H11ClN4/c12-8-4-9(11(14)16-6-8)10(13)7-2-1-3-15-5-7/h1-6,10H,13H2,(H2,14,16). The Morgan fingerprint density at radius 1 is 1.31 bits per heavy atom. The Kier molecular flexibility index (Phi) is 3.03. The number of hydrogen-bond acceptors (Lipinski definition) is 4. The van der Waals surface area contributed by atoms with Gasteiger partial charge in [-0.25, -0.2) is 4.98 Å². The van der Waals surface area contributed by atoms with Gasteiger partial charge in [-0.15, -0.1) is 0 Å². The minimum absolute atomic E-state index is 0.361. The van der Waals surface area contributed by atoms with Crippen LogP contribution < -0.4 is 11.5 Å². The van der Waals surface area contributed by atoms with Crippen LogP contribution in [0.5, 0.6) is 0 Å². The van der Waals surface area contributed by atoms with Crippen molar-refractivity contribution >= 4 is 17.4 Å². The Morgan fingerprint density at radius 2 is 2.12 bits per heavy atom. The summed E-state index contributed by atoms with van der Waals surface area (Å²) in [6.07, 6.45) is 4.89. The highest BCUT2D eigenvalue weighted by molar-refractivity contribution is 6.30. The second-order valence-electron chi connectivity index (χ2n) is 3.39. The van der Waals surface area contributed by atoms with Crippen LogP contribution in [0.25, 0.3) is 0 Å². The maximum absolute atomic E-state index is 6.07. The van der Waals surface area contributed by atoms with E-state index in [0.717, 1.165) is 5.56 Å². The molecule has 4 nitrogen and oxygen atoms in total. The molecule has 2 heterocycles. The van der Waals surface area contributed by atoms with E-state index >= 15 is 0 Å². The van der Waals surface area contributed by atoms with E-state index in [0.29, 0.717) is 16.4 Å². The Hall–Kier alpha value is -1.65. The summed E-state index contributed by atoms with van der Waals surface area (Å²) in [6.45, 7) is 0. The van der Waals surface area contributed by atoms with Crippen molar-refractivity contribution in [1.82, 2.24) is 9.97 Å². The number of nitrogens with zero attached hydrogens (tertiary/aromatic N) is 2. The van der Waals surface area contributed by atoms with Crippen molar-refractivity contribution in [1.29, 1.82) is 0 Å². The molecule has 4 N–H and O–H groups in total. The smallest absolute Gasteiger partial charge is 0.128 e. The molecule has 0 spiro atoms. The minimum Gasteiger partial charge on any atom is -0.383 e. The molecule has 2 rings (SSSR count). The van der Waals surface area contributed by atoms with Crippen molar-refractivity contribution < 1.29 is 0 Å². The molecule has 1 atom stereocenters. The molecule has 82 valence electrons. The van der Waals surface area contributed by atoms with Gasteiger partial charge in [-0.1, -0.05) is 17.7 Å². The molecule has 0 fully saturated rings. The summed E-state index contributed by atoms with van der Waals surface area (Å²) in [5.74, 6) is 0.390. The van der Waals surface area contributed by atoms with E-state index in [1.807, 2.05) is 12.1 Å². The maximum Gasteiger partial charge on any atom is 0.128 e. The van der Waals surface area contributed by atoms with Crippen molar-refractivity contribution in [3.05, 3.63) is 52.9 Å². The fraction of sp³-hybridized carbons (Fsp3) is 0.0909. The van der Waals surface area contributed by atoms with E-state index in [1.165, 1.54) is 6.20 Å². The fourth-order valence-electron chi connectivity index (χ4n) is 1.45. The second-order valence-corrected chi connectivity index (χ2v) is 3.83. The molecule has 2 aromatic rings. The molecule has 0 aliphatic carbocycles. The third-order valence-electron chi connectivity index (χ3n) is 2.29. The zero-order chi connectivity index (χ0) is 11.5. The van der Waals surface area contributed by atoms with E-state index < -0.39 is 0 Å². The van der Waals surface area contributed by atoms with E-state index in [1.54, 1.807) is 18.5 Å². The molecule has 0 radical (unpaired) electrons. The van der Waals surface area contributed by atoms with Gasteiger partial charge in [-0.05, 0) is 17.7 Å². The Balaban J connectivity index is 2.41. The first kappa shape index (κ1) is 10.9. The topological polar surface area (TPSA) is 77.8 Å². The van der Waals surface area contributed by atoms with Gasteiger partial charge in [0.25, 0.3) is 0 Å². The number of hydrogen-bond donors (Lipinski definition) is 2. The monoisotopic (exact) mass is 234 g/mol. The first-order valence-corrected chi connectivity index (χ1v) is 5.12. The first-order chi connectivity index (χ1) is 7.68. The predicted molar refractivity (Wildman–Crippen MR) is 63.9 cm³/mol. The SMILES string of the molecule is Nc1ncc(Cl)cc1C(N)c1cccnc1. The molecular formula is C11H11ClN4. The van der Waals surface area contributed by atoms with Gasteiger partial charge >= 0.3 is 0 Å². The van der Waals surface area contributed by atoms with Gasteiger partial charge < -0.3 is 11.5 Å². The normalized spacial score (nSPS) is 12.4. The lowest BCUT2D eigenvalue weighted by atomic mass is 10.0. The minimum atomic E-state index is -0.361. The molecule has 0 saturated carbocycles. The molecule has 0 aromatic carbocycles. The molecule has 0 bridgehead atoms. The van der Waals surface area contributed by atoms with Gasteiger partial charge in [0.05, 0.1) is 11.1 Å². The largest absolute Gasteiger partial charge is 0.383 e. The predicted octanol–water partition coefficient (Wildman–Crippen LogP) is 1.76. The second kappa shape index (κ2) is 4.47. The lowest BCUT2D eigenvalue weighted by molar-refractivity contribution is 0.860. The van der Waals surface area contributed by atoms with Gasteiger partial charge in [-0.3, -0.25) is 4.98 Å². The van der Waals surface area contributed by atoms with Crippen molar-refractivity contribution in [3.63, 3.8) is 0 Å². The third kappa shape index (κ3) is 2.13. The quantitative estimate of drug-likeness (QED) is 0.830. The zero-order valence-corrected chi connectivity index (χ0v) is 9.22. The van der Waals surface area contributed by atoms with Gasteiger partial charge in [0, 0.05) is 24.2 Å². The number of anilines is 1. The van der Waals surface area contributed by atoms with Crippen LogP contribution in [0.1, 0.15) is 17.2 Å². The van der Waals surface area contributed by atoms with Crippen molar-refractivity contribution in [2.24, 2.45) is 5.73 Å². The molecule has 16 heavy (non-hydrogen) atoms. The summed E-state index contributed by atoms with van der Waals surface area (Å²) in [5, 5.41) is 0.517.